The van der Waals surface area contributed by atoms with Gasteiger partial charge in [-0.2, -0.15) is 5.10 Å². The molecule has 0 spiro atoms. The van der Waals surface area contributed by atoms with Gasteiger partial charge in [0.25, 0.3) is 0 Å². The van der Waals surface area contributed by atoms with E-state index in [9.17, 15) is 0 Å². The van der Waals surface area contributed by atoms with Gasteiger partial charge in [-0.25, -0.2) is 0 Å². The second-order valence-electron chi connectivity index (χ2n) is 4.11. The molecule has 0 aromatic carbocycles. The van der Waals surface area contributed by atoms with E-state index in [0.29, 0.717) is 12.1 Å². The monoisotopic (exact) mass is 320 g/mol. The summed E-state index contributed by atoms with van der Waals surface area (Å²) >= 11 is 2.29. The SMILES string of the molecule is CCCCOC1CC(n2cc(I)cn2)C1. The van der Waals surface area contributed by atoms with Gasteiger partial charge < -0.3 is 4.74 Å². The standard InChI is InChI=1S/C11H17IN2O/c1-2-3-4-15-11-5-10(6-11)14-8-9(12)7-13-14/h7-8,10-11H,2-6H2,1H3. The summed E-state index contributed by atoms with van der Waals surface area (Å²) in [5.41, 5.74) is 0. The molecule has 84 valence electrons. The van der Waals surface area contributed by atoms with Gasteiger partial charge in [-0.1, -0.05) is 13.3 Å². The van der Waals surface area contributed by atoms with Crippen LogP contribution in [0.2, 0.25) is 0 Å². The van der Waals surface area contributed by atoms with Crippen molar-refractivity contribution in [2.24, 2.45) is 0 Å². The molecule has 0 N–H and O–H groups in total. The first-order chi connectivity index (χ1) is 7.29. The van der Waals surface area contributed by atoms with Crippen LogP contribution in [0.15, 0.2) is 12.4 Å². The fourth-order valence-electron chi connectivity index (χ4n) is 1.80. The molecule has 0 amide bonds. The van der Waals surface area contributed by atoms with Gasteiger partial charge in [-0.15, -0.1) is 0 Å². The minimum absolute atomic E-state index is 0.475. The van der Waals surface area contributed by atoms with E-state index in [2.05, 4.69) is 45.5 Å². The molecule has 1 fully saturated rings. The van der Waals surface area contributed by atoms with Gasteiger partial charge in [0.05, 0.1) is 21.9 Å². The zero-order chi connectivity index (χ0) is 10.7. The van der Waals surface area contributed by atoms with E-state index in [1.54, 1.807) is 0 Å². The van der Waals surface area contributed by atoms with Crippen molar-refractivity contribution in [2.75, 3.05) is 6.61 Å². The normalized spacial score (nSPS) is 25.2. The Morgan fingerprint density at radius 2 is 2.40 bits per heavy atom. The van der Waals surface area contributed by atoms with E-state index in [1.165, 1.54) is 16.4 Å². The highest BCUT2D eigenvalue weighted by Gasteiger charge is 2.31. The molecule has 1 aliphatic rings. The Balaban J connectivity index is 1.69. The van der Waals surface area contributed by atoms with E-state index >= 15 is 0 Å². The lowest BCUT2D eigenvalue weighted by Crippen LogP contribution is -2.33. The molecule has 0 atom stereocenters. The maximum Gasteiger partial charge on any atom is 0.0623 e. The molecular formula is C11H17IN2O. The van der Waals surface area contributed by atoms with E-state index in [4.69, 9.17) is 4.74 Å². The van der Waals surface area contributed by atoms with Crippen LogP contribution in [-0.4, -0.2) is 22.5 Å². The van der Waals surface area contributed by atoms with Gasteiger partial charge in [0.1, 0.15) is 0 Å². The Kier molecular flexibility index (Phi) is 4.02. The summed E-state index contributed by atoms with van der Waals surface area (Å²) in [5, 5.41) is 4.32. The molecule has 1 aromatic heterocycles. The van der Waals surface area contributed by atoms with Crippen LogP contribution >= 0.6 is 22.6 Å². The van der Waals surface area contributed by atoms with Crippen LogP contribution in [0.5, 0.6) is 0 Å². The summed E-state index contributed by atoms with van der Waals surface area (Å²) in [5.74, 6) is 0. The van der Waals surface area contributed by atoms with Gasteiger partial charge >= 0.3 is 0 Å². The van der Waals surface area contributed by atoms with Crippen LogP contribution in [0.25, 0.3) is 0 Å². The van der Waals surface area contributed by atoms with E-state index in [1.807, 2.05) is 6.20 Å². The zero-order valence-electron chi connectivity index (χ0n) is 9.03. The molecule has 4 heteroatoms. The van der Waals surface area contributed by atoms with Crippen molar-refractivity contribution < 1.29 is 4.74 Å². The number of unbranched alkanes of at least 4 members (excludes halogenated alkanes) is 1. The largest absolute Gasteiger partial charge is 0.378 e. The van der Waals surface area contributed by atoms with Crippen molar-refractivity contribution in [2.45, 2.75) is 44.8 Å². The average Bonchev–Trinajstić information content (AvgIpc) is 2.56. The lowest BCUT2D eigenvalue weighted by atomic mass is 9.89. The number of nitrogens with zero attached hydrogens (tertiary/aromatic N) is 2. The van der Waals surface area contributed by atoms with Gasteiger partial charge in [-0.05, 0) is 41.9 Å². The second-order valence-corrected chi connectivity index (χ2v) is 5.36. The fourth-order valence-corrected chi connectivity index (χ4v) is 2.21. The van der Waals surface area contributed by atoms with Crippen molar-refractivity contribution in [1.29, 1.82) is 0 Å². The van der Waals surface area contributed by atoms with Crippen molar-refractivity contribution in [3.63, 3.8) is 0 Å². The summed E-state index contributed by atoms with van der Waals surface area (Å²) < 4.78 is 9.02. The third kappa shape index (κ3) is 2.93. The molecule has 1 aromatic rings. The Morgan fingerprint density at radius 3 is 3.00 bits per heavy atom. The minimum Gasteiger partial charge on any atom is -0.378 e. The number of aromatic nitrogens is 2. The van der Waals surface area contributed by atoms with Crippen molar-refractivity contribution in [3.8, 4) is 0 Å². The molecule has 0 saturated heterocycles. The summed E-state index contributed by atoms with van der Waals surface area (Å²) in [6.45, 7) is 3.11. The Labute approximate surface area is 104 Å². The predicted molar refractivity (Wildman–Crippen MR) is 67.9 cm³/mol. The van der Waals surface area contributed by atoms with Crippen molar-refractivity contribution in [1.82, 2.24) is 9.78 Å². The second kappa shape index (κ2) is 5.30. The zero-order valence-corrected chi connectivity index (χ0v) is 11.2. The number of rotatable bonds is 5. The first-order valence-corrected chi connectivity index (χ1v) is 6.68. The maximum absolute atomic E-state index is 5.73. The molecule has 0 bridgehead atoms. The number of ether oxygens (including phenoxy) is 1. The quantitative estimate of drug-likeness (QED) is 0.616. The van der Waals surface area contributed by atoms with E-state index in [0.717, 1.165) is 19.4 Å². The van der Waals surface area contributed by atoms with Crippen molar-refractivity contribution in [3.05, 3.63) is 16.0 Å². The van der Waals surface area contributed by atoms with Crippen LogP contribution in [0.4, 0.5) is 0 Å². The van der Waals surface area contributed by atoms with E-state index < -0.39 is 0 Å². The molecule has 0 unspecified atom stereocenters. The first-order valence-electron chi connectivity index (χ1n) is 5.61. The lowest BCUT2D eigenvalue weighted by molar-refractivity contribution is -0.0296. The molecule has 3 nitrogen and oxygen atoms in total. The summed E-state index contributed by atoms with van der Waals surface area (Å²) in [4.78, 5) is 0. The number of halogens is 1. The molecule has 1 saturated carbocycles. The highest BCUT2D eigenvalue weighted by molar-refractivity contribution is 14.1. The van der Waals surface area contributed by atoms with Crippen molar-refractivity contribution >= 4 is 22.6 Å². The Bertz CT molecular complexity index is 307. The van der Waals surface area contributed by atoms with Gasteiger partial charge in [0.15, 0.2) is 0 Å². The lowest BCUT2D eigenvalue weighted by Gasteiger charge is -2.35. The van der Waals surface area contributed by atoms with Gasteiger partial charge in [-0.3, -0.25) is 4.68 Å². The molecule has 1 heterocycles. The van der Waals surface area contributed by atoms with Crippen LogP contribution in [-0.2, 0) is 4.74 Å². The first kappa shape index (κ1) is 11.4. The molecule has 0 radical (unpaired) electrons. The van der Waals surface area contributed by atoms with Gasteiger partial charge in [0, 0.05) is 12.8 Å². The Morgan fingerprint density at radius 1 is 1.60 bits per heavy atom. The molecule has 2 rings (SSSR count). The highest BCUT2D eigenvalue weighted by atomic mass is 127. The maximum atomic E-state index is 5.73. The fraction of sp³-hybridized carbons (Fsp3) is 0.727. The van der Waals surface area contributed by atoms with Crippen LogP contribution in [0, 0.1) is 3.57 Å². The van der Waals surface area contributed by atoms with Crippen LogP contribution < -0.4 is 0 Å². The summed E-state index contributed by atoms with van der Waals surface area (Å²) in [6, 6.07) is 0.570. The molecule has 0 aliphatic heterocycles. The molecule has 15 heavy (non-hydrogen) atoms. The molecular weight excluding hydrogens is 303 g/mol. The molecule has 1 aliphatic carbocycles. The number of hydrogen-bond donors (Lipinski definition) is 0. The van der Waals surface area contributed by atoms with Crippen LogP contribution in [0.1, 0.15) is 38.6 Å². The minimum atomic E-state index is 0.475. The Hall–Kier alpha value is -0.100. The van der Waals surface area contributed by atoms with Gasteiger partial charge in [0.2, 0.25) is 0 Å². The smallest absolute Gasteiger partial charge is 0.0623 e. The number of hydrogen-bond acceptors (Lipinski definition) is 2. The third-order valence-electron chi connectivity index (χ3n) is 2.87. The van der Waals surface area contributed by atoms with Crippen LogP contribution in [0.3, 0.4) is 0 Å². The highest BCUT2D eigenvalue weighted by Crippen LogP contribution is 2.34. The predicted octanol–water partition coefficient (Wildman–Crippen LogP) is 3.01. The summed E-state index contributed by atoms with van der Waals surface area (Å²) in [6.07, 6.45) is 9.14. The van der Waals surface area contributed by atoms with E-state index in [-0.39, 0.29) is 0 Å². The third-order valence-corrected chi connectivity index (χ3v) is 3.42. The topological polar surface area (TPSA) is 27.1 Å². The summed E-state index contributed by atoms with van der Waals surface area (Å²) in [7, 11) is 0. The average molecular weight is 320 g/mol.